The molecule has 4 aromatic rings. The zero-order valence-corrected chi connectivity index (χ0v) is 18.5. The highest BCUT2D eigenvalue weighted by Gasteiger charge is 2.19. The van der Waals surface area contributed by atoms with Gasteiger partial charge in [0, 0.05) is 13.0 Å². The number of aliphatic hydroxyl groups excluding tert-OH is 1. The molecule has 1 aromatic heterocycles. The van der Waals surface area contributed by atoms with Gasteiger partial charge in [-0.2, -0.15) is 0 Å². The SMILES string of the molecule is O=C(O)Oc1cn(CCO)c2c(Oc3ccccc3)cc(Cc3cccc(Cl)c3F)cc2c1=O. The number of carbonyl (C=O) groups is 1. The molecule has 34 heavy (non-hydrogen) atoms. The number of fused-ring (bicyclic) bond motifs is 1. The molecule has 9 heteroatoms. The Kier molecular flexibility index (Phi) is 6.81. The Labute approximate surface area is 198 Å². The van der Waals surface area contributed by atoms with E-state index in [1.807, 2.05) is 6.07 Å². The van der Waals surface area contributed by atoms with E-state index in [4.69, 9.17) is 21.4 Å². The summed E-state index contributed by atoms with van der Waals surface area (Å²) in [5.74, 6) is -0.238. The first-order valence-corrected chi connectivity index (χ1v) is 10.6. The van der Waals surface area contributed by atoms with E-state index in [-0.39, 0.29) is 35.7 Å². The van der Waals surface area contributed by atoms with Crippen LogP contribution in [-0.2, 0) is 13.0 Å². The van der Waals surface area contributed by atoms with Gasteiger partial charge in [0.15, 0.2) is 11.5 Å². The van der Waals surface area contributed by atoms with Crippen molar-refractivity contribution >= 4 is 28.7 Å². The molecule has 0 saturated heterocycles. The van der Waals surface area contributed by atoms with Crippen LogP contribution in [0.4, 0.5) is 9.18 Å². The molecule has 0 unspecified atom stereocenters. The summed E-state index contributed by atoms with van der Waals surface area (Å²) in [5, 5.41) is 18.7. The van der Waals surface area contributed by atoms with Crippen LogP contribution in [0.5, 0.6) is 17.2 Å². The largest absolute Gasteiger partial charge is 0.511 e. The van der Waals surface area contributed by atoms with Crippen molar-refractivity contribution in [2.24, 2.45) is 0 Å². The normalized spacial score (nSPS) is 10.9. The minimum atomic E-state index is -1.65. The molecule has 4 rings (SSSR count). The number of hydrogen-bond donors (Lipinski definition) is 2. The maximum atomic E-state index is 14.6. The smallest absolute Gasteiger partial charge is 0.455 e. The lowest BCUT2D eigenvalue weighted by Gasteiger charge is -2.17. The molecule has 0 bridgehead atoms. The zero-order valence-electron chi connectivity index (χ0n) is 17.7. The summed E-state index contributed by atoms with van der Waals surface area (Å²) >= 11 is 5.91. The molecule has 2 N–H and O–H groups in total. The number of aromatic nitrogens is 1. The van der Waals surface area contributed by atoms with Crippen LogP contribution in [0.15, 0.2) is 71.7 Å². The number of carboxylic acid groups (broad SMARTS) is 1. The third-order valence-electron chi connectivity index (χ3n) is 5.10. The molecule has 0 radical (unpaired) electrons. The molecule has 0 spiro atoms. The summed E-state index contributed by atoms with van der Waals surface area (Å²) in [6.45, 7) is -0.245. The monoisotopic (exact) mass is 483 g/mol. The third-order valence-corrected chi connectivity index (χ3v) is 5.39. The molecular weight excluding hydrogens is 465 g/mol. The molecular formula is C25H19ClFNO6. The first kappa shape index (κ1) is 23.3. The van der Waals surface area contributed by atoms with Gasteiger partial charge in [-0.25, -0.2) is 9.18 Å². The van der Waals surface area contributed by atoms with Crippen molar-refractivity contribution in [3.05, 3.63) is 99.1 Å². The van der Waals surface area contributed by atoms with E-state index in [0.717, 1.165) is 0 Å². The second-order valence-corrected chi connectivity index (χ2v) is 7.81. The number of benzene rings is 3. The van der Waals surface area contributed by atoms with Gasteiger partial charge in [-0.1, -0.05) is 41.9 Å². The topological polar surface area (TPSA) is 98.0 Å². The highest BCUT2D eigenvalue weighted by atomic mass is 35.5. The van der Waals surface area contributed by atoms with Crippen molar-refractivity contribution < 1.29 is 28.9 Å². The minimum Gasteiger partial charge on any atom is -0.455 e. The van der Waals surface area contributed by atoms with Gasteiger partial charge < -0.3 is 24.3 Å². The van der Waals surface area contributed by atoms with E-state index < -0.39 is 23.2 Å². The summed E-state index contributed by atoms with van der Waals surface area (Å²) in [6.07, 6.45) is -0.343. The van der Waals surface area contributed by atoms with E-state index >= 15 is 0 Å². The summed E-state index contributed by atoms with van der Waals surface area (Å²) in [7, 11) is 0. The Balaban J connectivity index is 1.96. The van der Waals surface area contributed by atoms with E-state index in [1.165, 1.54) is 22.9 Å². The second-order valence-electron chi connectivity index (χ2n) is 7.40. The van der Waals surface area contributed by atoms with Crippen LogP contribution in [0.1, 0.15) is 11.1 Å². The van der Waals surface area contributed by atoms with E-state index in [9.17, 15) is 19.1 Å². The molecule has 0 amide bonds. The van der Waals surface area contributed by atoms with Gasteiger partial charge in [-0.15, -0.1) is 0 Å². The average Bonchev–Trinajstić information content (AvgIpc) is 2.80. The first-order chi connectivity index (χ1) is 16.4. The number of nitrogens with zero attached hydrogens (tertiary/aromatic N) is 1. The van der Waals surface area contributed by atoms with Gasteiger partial charge in [-0.05, 0) is 41.5 Å². The molecule has 0 aliphatic rings. The number of aliphatic hydroxyl groups is 1. The Morgan fingerprint density at radius 2 is 1.82 bits per heavy atom. The lowest BCUT2D eigenvalue weighted by atomic mass is 10.0. The van der Waals surface area contributed by atoms with Gasteiger partial charge >= 0.3 is 6.16 Å². The number of halogens is 2. The Hall–Kier alpha value is -3.88. The highest BCUT2D eigenvalue weighted by Crippen LogP contribution is 2.33. The molecule has 174 valence electrons. The maximum Gasteiger partial charge on any atom is 0.511 e. The van der Waals surface area contributed by atoms with Crippen molar-refractivity contribution in [2.75, 3.05) is 6.61 Å². The quantitative estimate of drug-likeness (QED) is 0.349. The van der Waals surface area contributed by atoms with E-state index in [0.29, 0.717) is 22.4 Å². The standard InChI is InChI=1S/C25H19ClFNO6/c26-19-8-4-5-16(22(19)27)11-15-12-18-23(20(13-15)33-17-6-2-1-3-7-17)28(9-10-29)14-21(24(18)30)34-25(31)32/h1-8,12-14,29H,9-11H2,(H,31,32). The number of ether oxygens (including phenoxy) is 2. The summed E-state index contributed by atoms with van der Waals surface area (Å²) < 4.78 is 26.8. The summed E-state index contributed by atoms with van der Waals surface area (Å²) in [6, 6.07) is 16.7. The molecule has 0 atom stereocenters. The lowest BCUT2D eigenvalue weighted by molar-refractivity contribution is 0.143. The first-order valence-electron chi connectivity index (χ1n) is 10.2. The number of hydrogen-bond acceptors (Lipinski definition) is 5. The summed E-state index contributed by atoms with van der Waals surface area (Å²) in [5.41, 5.74) is 0.486. The van der Waals surface area contributed by atoms with Crippen LogP contribution in [0.25, 0.3) is 10.9 Å². The van der Waals surface area contributed by atoms with Crippen molar-refractivity contribution in [1.82, 2.24) is 4.57 Å². The van der Waals surface area contributed by atoms with Crippen molar-refractivity contribution in [3.8, 4) is 17.2 Å². The second kappa shape index (κ2) is 9.94. The molecule has 0 saturated carbocycles. The Morgan fingerprint density at radius 1 is 1.06 bits per heavy atom. The number of pyridine rings is 1. The van der Waals surface area contributed by atoms with Crippen LogP contribution in [-0.4, -0.2) is 27.5 Å². The van der Waals surface area contributed by atoms with Crippen LogP contribution in [0, 0.1) is 5.82 Å². The van der Waals surface area contributed by atoms with Crippen molar-refractivity contribution in [1.29, 1.82) is 0 Å². The fourth-order valence-electron chi connectivity index (χ4n) is 3.68. The third kappa shape index (κ3) is 4.88. The molecule has 7 nitrogen and oxygen atoms in total. The van der Waals surface area contributed by atoms with Gasteiger partial charge in [-0.3, -0.25) is 4.79 Å². The predicted octanol–water partition coefficient (Wildman–Crippen LogP) is 5.23. The van der Waals surface area contributed by atoms with Crippen LogP contribution >= 0.6 is 11.6 Å². The van der Waals surface area contributed by atoms with Gasteiger partial charge in [0.05, 0.1) is 28.7 Å². The number of rotatable bonds is 7. The molecule has 0 aliphatic heterocycles. The highest BCUT2D eigenvalue weighted by molar-refractivity contribution is 6.30. The van der Waals surface area contributed by atoms with Crippen LogP contribution in [0.3, 0.4) is 0 Å². The maximum absolute atomic E-state index is 14.6. The molecule has 3 aromatic carbocycles. The fraction of sp³-hybridized carbons (Fsp3) is 0.120. The van der Waals surface area contributed by atoms with Gasteiger partial charge in [0.2, 0.25) is 5.43 Å². The Morgan fingerprint density at radius 3 is 2.53 bits per heavy atom. The van der Waals surface area contributed by atoms with Crippen LogP contribution in [0.2, 0.25) is 5.02 Å². The zero-order chi connectivity index (χ0) is 24.2. The predicted molar refractivity (Wildman–Crippen MR) is 125 cm³/mol. The van der Waals surface area contributed by atoms with E-state index in [1.54, 1.807) is 42.5 Å². The minimum absolute atomic E-state index is 0.0264. The number of para-hydroxylation sites is 1. The Bertz CT molecular complexity index is 1420. The molecule has 0 aliphatic carbocycles. The van der Waals surface area contributed by atoms with Gasteiger partial charge in [0.25, 0.3) is 0 Å². The van der Waals surface area contributed by atoms with Crippen LogP contribution < -0.4 is 14.9 Å². The van der Waals surface area contributed by atoms with Crippen molar-refractivity contribution in [3.63, 3.8) is 0 Å². The average molecular weight is 484 g/mol. The van der Waals surface area contributed by atoms with Crippen molar-refractivity contribution in [2.45, 2.75) is 13.0 Å². The van der Waals surface area contributed by atoms with Gasteiger partial charge in [0.1, 0.15) is 11.6 Å². The fourth-order valence-corrected chi connectivity index (χ4v) is 3.88. The lowest BCUT2D eigenvalue weighted by Crippen LogP contribution is -2.18. The van der Waals surface area contributed by atoms with E-state index in [2.05, 4.69) is 4.74 Å². The molecule has 0 fully saturated rings. The summed E-state index contributed by atoms with van der Waals surface area (Å²) in [4.78, 5) is 24.2. The molecule has 1 heterocycles.